The Morgan fingerprint density at radius 2 is 1.65 bits per heavy atom. The van der Waals surface area contributed by atoms with E-state index >= 15 is 0 Å². The van der Waals surface area contributed by atoms with Crippen LogP contribution in [0.1, 0.15) is 44.0 Å². The molecule has 0 spiro atoms. The third kappa shape index (κ3) is 7.44. The highest BCUT2D eigenvalue weighted by molar-refractivity contribution is 5.98. The number of benzene rings is 1. The molecule has 2 aliphatic rings. The van der Waals surface area contributed by atoms with Gasteiger partial charge in [-0.05, 0) is 51.5 Å². The van der Waals surface area contributed by atoms with E-state index in [2.05, 4.69) is 15.5 Å². The second-order valence-corrected chi connectivity index (χ2v) is 9.54. The molecule has 2 N–H and O–H groups in total. The van der Waals surface area contributed by atoms with Gasteiger partial charge in [-0.15, -0.1) is 0 Å². The Morgan fingerprint density at radius 3 is 2.24 bits per heavy atom. The summed E-state index contributed by atoms with van der Waals surface area (Å²) in [6, 6.07) is 6.82. The summed E-state index contributed by atoms with van der Waals surface area (Å²) in [6.45, 7) is 9.85. The molecule has 34 heavy (non-hydrogen) atoms. The van der Waals surface area contributed by atoms with Gasteiger partial charge in [-0.1, -0.05) is 0 Å². The Bertz CT molecular complexity index is 888. The van der Waals surface area contributed by atoms with Gasteiger partial charge in [0.2, 0.25) is 11.8 Å². The molecule has 4 amide bonds. The van der Waals surface area contributed by atoms with Crippen LogP contribution < -0.4 is 15.5 Å². The molecule has 2 fully saturated rings. The first-order valence-electron chi connectivity index (χ1n) is 11.8. The van der Waals surface area contributed by atoms with Crippen molar-refractivity contribution in [3.05, 3.63) is 29.8 Å². The maximum absolute atomic E-state index is 12.3. The van der Waals surface area contributed by atoms with Crippen molar-refractivity contribution in [1.29, 1.82) is 0 Å². The van der Waals surface area contributed by atoms with E-state index in [9.17, 15) is 19.2 Å². The highest BCUT2D eigenvalue weighted by Gasteiger charge is 2.26. The topological polar surface area (TPSA) is 111 Å². The number of ether oxygens (including phenoxy) is 1. The van der Waals surface area contributed by atoms with Crippen LogP contribution in [0.3, 0.4) is 0 Å². The van der Waals surface area contributed by atoms with Crippen LogP contribution in [0.5, 0.6) is 0 Å². The molecule has 0 aliphatic carbocycles. The van der Waals surface area contributed by atoms with E-state index in [-0.39, 0.29) is 30.4 Å². The average Bonchev–Trinajstić information content (AvgIpc) is 3.22. The van der Waals surface area contributed by atoms with E-state index in [1.165, 1.54) is 0 Å². The summed E-state index contributed by atoms with van der Waals surface area (Å²) in [5.74, 6) is -0.508. The van der Waals surface area contributed by atoms with Gasteiger partial charge in [-0.25, -0.2) is 4.79 Å². The predicted octanol–water partition coefficient (Wildman–Crippen LogP) is 1.21. The minimum atomic E-state index is -0.509. The lowest BCUT2D eigenvalue weighted by Gasteiger charge is -2.35. The molecule has 186 valence electrons. The number of nitrogens with one attached hydrogen (secondary N) is 2. The van der Waals surface area contributed by atoms with Gasteiger partial charge in [-0.3, -0.25) is 19.3 Å². The molecule has 1 aromatic carbocycles. The van der Waals surface area contributed by atoms with Crippen LogP contribution in [0, 0.1) is 0 Å². The van der Waals surface area contributed by atoms with Crippen molar-refractivity contribution in [2.75, 3.05) is 57.3 Å². The van der Waals surface area contributed by atoms with Gasteiger partial charge < -0.3 is 25.2 Å². The van der Waals surface area contributed by atoms with Crippen LogP contribution in [0.2, 0.25) is 0 Å². The quantitative estimate of drug-likeness (QED) is 0.616. The molecule has 2 heterocycles. The highest BCUT2D eigenvalue weighted by atomic mass is 16.6. The van der Waals surface area contributed by atoms with Crippen molar-refractivity contribution in [3.63, 3.8) is 0 Å². The lowest BCUT2D eigenvalue weighted by Crippen LogP contribution is -2.51. The zero-order valence-corrected chi connectivity index (χ0v) is 20.3. The molecule has 10 heteroatoms. The summed E-state index contributed by atoms with van der Waals surface area (Å²) in [5, 5.41) is 5.43. The first-order valence-corrected chi connectivity index (χ1v) is 11.8. The second kappa shape index (κ2) is 11.3. The van der Waals surface area contributed by atoms with Crippen LogP contribution in [0.4, 0.5) is 10.5 Å². The number of amides is 4. The number of hydrogen-bond donors (Lipinski definition) is 2. The third-order valence-corrected chi connectivity index (χ3v) is 5.70. The van der Waals surface area contributed by atoms with Gasteiger partial charge in [0.15, 0.2) is 0 Å². The summed E-state index contributed by atoms with van der Waals surface area (Å²) in [6.07, 6.45) is 1.10. The summed E-state index contributed by atoms with van der Waals surface area (Å²) in [5.41, 5.74) is 0.709. The zero-order chi connectivity index (χ0) is 24.7. The Labute approximate surface area is 200 Å². The number of piperazine rings is 1. The summed E-state index contributed by atoms with van der Waals surface area (Å²) in [7, 11) is 0. The van der Waals surface area contributed by atoms with E-state index in [4.69, 9.17) is 4.74 Å². The lowest BCUT2D eigenvalue weighted by molar-refractivity contribution is -0.120. The number of anilines is 1. The summed E-state index contributed by atoms with van der Waals surface area (Å²) in [4.78, 5) is 54.0. The van der Waals surface area contributed by atoms with Gasteiger partial charge >= 0.3 is 6.09 Å². The molecule has 0 aromatic heterocycles. The molecule has 0 bridgehead atoms. The van der Waals surface area contributed by atoms with Crippen LogP contribution in [-0.4, -0.2) is 91.6 Å². The monoisotopic (exact) mass is 473 g/mol. The van der Waals surface area contributed by atoms with Crippen molar-refractivity contribution in [2.45, 2.75) is 39.2 Å². The third-order valence-electron chi connectivity index (χ3n) is 5.70. The molecule has 0 unspecified atom stereocenters. The molecular formula is C24H35N5O5. The first kappa shape index (κ1) is 25.5. The fourth-order valence-corrected chi connectivity index (χ4v) is 3.87. The standard InChI is InChI=1S/C24H35N5O5/c1-24(2,3)34-23(33)28-15-13-27(14-16-28)12-10-25-20(30)17-26-22(32)18-6-8-19(9-7-18)29-11-4-5-21(29)31/h6-9H,4-5,10-17H2,1-3H3,(H,25,30)(H,26,32). The fraction of sp³-hybridized carbons (Fsp3) is 0.583. The second-order valence-electron chi connectivity index (χ2n) is 9.54. The van der Waals surface area contributed by atoms with Crippen LogP contribution in [-0.2, 0) is 14.3 Å². The lowest BCUT2D eigenvalue weighted by atomic mass is 10.2. The van der Waals surface area contributed by atoms with Crippen LogP contribution in [0.15, 0.2) is 24.3 Å². The average molecular weight is 474 g/mol. The van der Waals surface area contributed by atoms with Gasteiger partial charge in [-0.2, -0.15) is 0 Å². The Morgan fingerprint density at radius 1 is 0.971 bits per heavy atom. The van der Waals surface area contributed by atoms with Crippen molar-refractivity contribution in [1.82, 2.24) is 20.4 Å². The fourth-order valence-electron chi connectivity index (χ4n) is 3.87. The molecule has 10 nitrogen and oxygen atoms in total. The van der Waals surface area contributed by atoms with Crippen LogP contribution in [0.25, 0.3) is 0 Å². The van der Waals surface area contributed by atoms with Gasteiger partial charge in [0, 0.05) is 63.5 Å². The molecule has 0 radical (unpaired) electrons. The van der Waals surface area contributed by atoms with Crippen LogP contribution >= 0.6 is 0 Å². The molecule has 1 aromatic rings. The van der Waals surface area contributed by atoms with E-state index in [1.807, 2.05) is 20.8 Å². The van der Waals surface area contributed by atoms with Crippen molar-refractivity contribution < 1.29 is 23.9 Å². The van der Waals surface area contributed by atoms with E-state index in [0.29, 0.717) is 57.8 Å². The number of hydrogen-bond acceptors (Lipinski definition) is 6. The minimum Gasteiger partial charge on any atom is -0.444 e. The van der Waals surface area contributed by atoms with Gasteiger partial charge in [0.25, 0.3) is 5.91 Å². The molecule has 0 saturated carbocycles. The highest BCUT2D eigenvalue weighted by Crippen LogP contribution is 2.21. The summed E-state index contributed by atoms with van der Waals surface area (Å²) >= 11 is 0. The largest absolute Gasteiger partial charge is 0.444 e. The number of carbonyl (C=O) groups excluding carboxylic acids is 4. The first-order chi connectivity index (χ1) is 16.1. The van der Waals surface area contributed by atoms with Gasteiger partial charge in [0.1, 0.15) is 5.60 Å². The maximum Gasteiger partial charge on any atom is 0.410 e. The van der Waals surface area contributed by atoms with E-state index in [0.717, 1.165) is 12.1 Å². The maximum atomic E-state index is 12.3. The Balaban J connectivity index is 1.31. The zero-order valence-electron chi connectivity index (χ0n) is 20.3. The number of carbonyl (C=O) groups is 4. The molecule has 3 rings (SSSR count). The Kier molecular flexibility index (Phi) is 8.49. The predicted molar refractivity (Wildman–Crippen MR) is 128 cm³/mol. The molecule has 2 saturated heterocycles. The minimum absolute atomic E-state index is 0.0961. The van der Waals surface area contributed by atoms with Gasteiger partial charge in [0.05, 0.1) is 6.54 Å². The normalized spacial score (nSPS) is 17.0. The molecule has 2 aliphatic heterocycles. The molecular weight excluding hydrogens is 438 g/mol. The van der Waals surface area contributed by atoms with E-state index in [1.54, 1.807) is 34.1 Å². The number of rotatable bonds is 7. The summed E-state index contributed by atoms with van der Waals surface area (Å²) < 4.78 is 5.40. The van der Waals surface area contributed by atoms with E-state index < -0.39 is 5.60 Å². The van der Waals surface area contributed by atoms with Crippen molar-refractivity contribution in [2.24, 2.45) is 0 Å². The van der Waals surface area contributed by atoms with Crippen molar-refractivity contribution >= 4 is 29.5 Å². The smallest absolute Gasteiger partial charge is 0.410 e. The SMILES string of the molecule is CC(C)(C)OC(=O)N1CCN(CCNC(=O)CNC(=O)c2ccc(N3CCCC3=O)cc2)CC1. The Hall–Kier alpha value is -3.14. The molecule has 0 atom stereocenters. The van der Waals surface area contributed by atoms with Crippen molar-refractivity contribution in [3.8, 4) is 0 Å². The number of nitrogens with zero attached hydrogens (tertiary/aromatic N) is 3.